The molecule has 0 aliphatic rings. The molecule has 0 radical (unpaired) electrons. The maximum atomic E-state index is 14.5. The molecular weight excluding hydrogens is 430 g/mol. The van der Waals surface area contributed by atoms with E-state index in [9.17, 15) is 22.4 Å². The number of carbonyl (C=O) groups excluding carboxylic acids is 1. The van der Waals surface area contributed by atoms with Crippen LogP contribution in [0.2, 0.25) is 0 Å². The number of nitrogens with zero attached hydrogens (tertiary/aromatic N) is 3. The topological polar surface area (TPSA) is 64.6 Å². The molecule has 0 spiro atoms. The van der Waals surface area contributed by atoms with E-state index in [0.717, 1.165) is 11.8 Å². The Kier molecular flexibility index (Phi) is 7.04. The van der Waals surface area contributed by atoms with Crippen LogP contribution in [-0.4, -0.2) is 34.8 Å². The third-order valence-electron chi connectivity index (χ3n) is 4.42. The highest BCUT2D eigenvalue weighted by atomic mass is 19.4. The van der Waals surface area contributed by atoms with Gasteiger partial charge in [0.2, 0.25) is 0 Å². The van der Waals surface area contributed by atoms with Crippen LogP contribution in [0.5, 0.6) is 11.5 Å². The maximum absolute atomic E-state index is 14.5. The number of hydrogen-bond acceptors (Lipinski definition) is 6. The molecule has 32 heavy (non-hydrogen) atoms. The van der Waals surface area contributed by atoms with E-state index in [1.165, 1.54) is 18.2 Å². The standard InChI is InChI=1S/C22H19F4N3O3/c1-14-7-8-27-21(28-14)12-29(2)11-16-9-15(3-6-20(16)31-13-30)18-5-4-17(10-19(18)23)32-22(24,25)26/h3-10,13H,11-12H2,1-2H3. The van der Waals surface area contributed by atoms with Gasteiger partial charge in [-0.1, -0.05) is 6.07 Å². The van der Waals surface area contributed by atoms with Gasteiger partial charge in [-0.25, -0.2) is 14.4 Å². The molecule has 6 nitrogen and oxygen atoms in total. The van der Waals surface area contributed by atoms with Crippen LogP contribution in [0, 0.1) is 12.7 Å². The molecule has 0 aliphatic heterocycles. The molecule has 1 heterocycles. The highest BCUT2D eigenvalue weighted by Gasteiger charge is 2.31. The van der Waals surface area contributed by atoms with Gasteiger partial charge < -0.3 is 9.47 Å². The lowest BCUT2D eigenvalue weighted by molar-refractivity contribution is -0.274. The normalized spacial score (nSPS) is 11.5. The van der Waals surface area contributed by atoms with Gasteiger partial charge in [-0.3, -0.25) is 9.69 Å². The van der Waals surface area contributed by atoms with Crippen LogP contribution < -0.4 is 9.47 Å². The van der Waals surface area contributed by atoms with E-state index in [1.807, 2.05) is 18.9 Å². The second kappa shape index (κ2) is 9.73. The Bertz CT molecular complexity index is 1110. The van der Waals surface area contributed by atoms with Crippen molar-refractivity contribution in [2.45, 2.75) is 26.4 Å². The Morgan fingerprint density at radius 3 is 2.53 bits per heavy atom. The highest BCUT2D eigenvalue weighted by molar-refractivity contribution is 5.67. The predicted octanol–water partition coefficient (Wildman–Crippen LogP) is 4.66. The molecule has 1 aromatic heterocycles. The minimum atomic E-state index is -4.92. The fourth-order valence-electron chi connectivity index (χ4n) is 3.13. The summed E-state index contributed by atoms with van der Waals surface area (Å²) in [6.45, 7) is 2.85. The first-order valence-corrected chi connectivity index (χ1v) is 9.40. The number of halogens is 4. The number of ether oxygens (including phenoxy) is 2. The molecule has 0 aliphatic carbocycles. The van der Waals surface area contributed by atoms with Crippen LogP contribution in [0.1, 0.15) is 17.1 Å². The fraction of sp³-hybridized carbons (Fsp3) is 0.227. The molecule has 0 saturated carbocycles. The summed E-state index contributed by atoms with van der Waals surface area (Å²) in [5.74, 6) is -0.660. The molecule has 3 aromatic rings. The van der Waals surface area contributed by atoms with Crippen molar-refractivity contribution in [1.29, 1.82) is 0 Å². The van der Waals surface area contributed by atoms with Crippen LogP contribution in [0.25, 0.3) is 11.1 Å². The van der Waals surface area contributed by atoms with Crippen LogP contribution in [-0.2, 0) is 17.9 Å². The van der Waals surface area contributed by atoms with Crippen LogP contribution in [0.3, 0.4) is 0 Å². The Labute approximate surface area is 181 Å². The minimum Gasteiger partial charge on any atom is -0.428 e. The first-order chi connectivity index (χ1) is 15.1. The lowest BCUT2D eigenvalue weighted by Crippen LogP contribution is -2.19. The predicted molar refractivity (Wildman–Crippen MR) is 107 cm³/mol. The second-order valence-corrected chi connectivity index (χ2v) is 7.01. The molecule has 0 saturated heterocycles. The van der Waals surface area contributed by atoms with E-state index in [2.05, 4.69) is 14.7 Å². The molecule has 0 bridgehead atoms. The number of benzene rings is 2. The minimum absolute atomic E-state index is 0.0723. The summed E-state index contributed by atoms with van der Waals surface area (Å²) in [6.07, 6.45) is -3.26. The SMILES string of the molecule is Cc1ccnc(CN(C)Cc2cc(-c3ccc(OC(F)(F)F)cc3F)ccc2OC=O)n1. The number of hydrogen-bond donors (Lipinski definition) is 0. The van der Waals surface area contributed by atoms with Gasteiger partial charge >= 0.3 is 6.36 Å². The molecule has 2 aromatic carbocycles. The van der Waals surface area contributed by atoms with Crippen molar-refractivity contribution in [3.05, 3.63) is 71.6 Å². The third-order valence-corrected chi connectivity index (χ3v) is 4.42. The largest absolute Gasteiger partial charge is 0.573 e. The lowest BCUT2D eigenvalue weighted by Gasteiger charge is -2.18. The maximum Gasteiger partial charge on any atom is 0.573 e. The average molecular weight is 449 g/mol. The summed E-state index contributed by atoms with van der Waals surface area (Å²) >= 11 is 0. The number of aromatic nitrogens is 2. The molecule has 10 heteroatoms. The van der Waals surface area contributed by atoms with E-state index in [0.29, 0.717) is 36.1 Å². The van der Waals surface area contributed by atoms with Crippen molar-refractivity contribution in [3.8, 4) is 22.6 Å². The van der Waals surface area contributed by atoms with E-state index in [4.69, 9.17) is 4.74 Å². The molecule has 0 unspecified atom stereocenters. The molecule has 0 N–H and O–H groups in total. The summed E-state index contributed by atoms with van der Waals surface area (Å²) < 4.78 is 60.4. The van der Waals surface area contributed by atoms with Crippen molar-refractivity contribution in [3.63, 3.8) is 0 Å². The highest BCUT2D eigenvalue weighted by Crippen LogP contribution is 2.32. The summed E-state index contributed by atoms with van der Waals surface area (Å²) in [5.41, 5.74) is 1.86. The third kappa shape index (κ3) is 6.24. The summed E-state index contributed by atoms with van der Waals surface area (Å²) in [4.78, 5) is 21.3. The van der Waals surface area contributed by atoms with Crippen molar-refractivity contribution < 1.29 is 31.8 Å². The van der Waals surface area contributed by atoms with Gasteiger partial charge in [-0.2, -0.15) is 0 Å². The quantitative estimate of drug-likeness (QED) is 0.368. The number of alkyl halides is 3. The molecule has 3 rings (SSSR count). The Morgan fingerprint density at radius 1 is 1.09 bits per heavy atom. The van der Waals surface area contributed by atoms with Crippen molar-refractivity contribution in [1.82, 2.24) is 14.9 Å². The first-order valence-electron chi connectivity index (χ1n) is 9.40. The van der Waals surface area contributed by atoms with Gasteiger partial charge in [-0.05, 0) is 49.9 Å². The lowest BCUT2D eigenvalue weighted by atomic mass is 10.0. The van der Waals surface area contributed by atoms with Crippen LogP contribution in [0.4, 0.5) is 17.6 Å². The van der Waals surface area contributed by atoms with E-state index in [1.54, 1.807) is 18.3 Å². The van der Waals surface area contributed by atoms with Crippen molar-refractivity contribution in [2.24, 2.45) is 0 Å². The van der Waals surface area contributed by atoms with E-state index < -0.39 is 17.9 Å². The van der Waals surface area contributed by atoms with Crippen molar-refractivity contribution >= 4 is 6.47 Å². The van der Waals surface area contributed by atoms with Gasteiger partial charge in [0.1, 0.15) is 23.1 Å². The molecule has 0 atom stereocenters. The fourth-order valence-corrected chi connectivity index (χ4v) is 3.13. The van der Waals surface area contributed by atoms with E-state index >= 15 is 0 Å². The van der Waals surface area contributed by atoms with Crippen LogP contribution in [0.15, 0.2) is 48.7 Å². The zero-order chi connectivity index (χ0) is 23.3. The van der Waals surface area contributed by atoms with Crippen LogP contribution >= 0.6 is 0 Å². The van der Waals surface area contributed by atoms with Gasteiger partial charge in [-0.15, -0.1) is 13.2 Å². The van der Waals surface area contributed by atoms with Gasteiger partial charge in [0.05, 0.1) is 6.54 Å². The summed E-state index contributed by atoms with van der Waals surface area (Å²) in [7, 11) is 1.81. The second-order valence-electron chi connectivity index (χ2n) is 7.01. The number of aryl methyl sites for hydroxylation is 1. The van der Waals surface area contributed by atoms with Crippen molar-refractivity contribution in [2.75, 3.05) is 7.05 Å². The number of rotatable bonds is 8. The summed E-state index contributed by atoms with van der Waals surface area (Å²) in [5, 5.41) is 0. The molecule has 0 amide bonds. The smallest absolute Gasteiger partial charge is 0.428 e. The Morgan fingerprint density at radius 2 is 1.88 bits per heavy atom. The molecular formula is C22H19F4N3O3. The monoisotopic (exact) mass is 449 g/mol. The van der Waals surface area contributed by atoms with E-state index in [-0.39, 0.29) is 17.8 Å². The molecule has 168 valence electrons. The Balaban J connectivity index is 1.86. The van der Waals surface area contributed by atoms with Gasteiger partial charge in [0, 0.05) is 35.6 Å². The average Bonchev–Trinajstić information content (AvgIpc) is 2.68. The zero-order valence-corrected chi connectivity index (χ0v) is 17.2. The number of carbonyl (C=O) groups is 1. The van der Waals surface area contributed by atoms with Gasteiger partial charge in [0.15, 0.2) is 0 Å². The van der Waals surface area contributed by atoms with Gasteiger partial charge in [0.25, 0.3) is 6.47 Å². The zero-order valence-electron chi connectivity index (χ0n) is 17.2. The Hall–Kier alpha value is -3.53. The molecule has 0 fully saturated rings. The summed E-state index contributed by atoms with van der Waals surface area (Å²) in [6, 6.07) is 9.28. The first kappa shape index (κ1) is 23.1.